The van der Waals surface area contributed by atoms with Crippen molar-refractivity contribution in [3.05, 3.63) is 59.4 Å². The molecule has 0 bridgehead atoms. The van der Waals surface area contributed by atoms with Crippen molar-refractivity contribution in [1.82, 2.24) is 4.98 Å². The standard InChI is InChI=1S/C17H16N2O3/c20-16(21)14-6-3-5-13(18-14)9-19-15-7-2-1-4-12(15)8-17(19)10-22-11-17/h1-7H,8-11H2,(H,20,21). The summed E-state index contributed by atoms with van der Waals surface area (Å²) in [5.74, 6) is -0.995. The zero-order valence-corrected chi connectivity index (χ0v) is 12.0. The summed E-state index contributed by atoms with van der Waals surface area (Å²) in [5, 5.41) is 9.09. The van der Waals surface area contributed by atoms with E-state index in [-0.39, 0.29) is 11.2 Å². The number of hydrogen-bond acceptors (Lipinski definition) is 4. The second kappa shape index (κ2) is 4.81. The number of anilines is 1. The van der Waals surface area contributed by atoms with Crippen LogP contribution in [0.4, 0.5) is 5.69 Å². The molecule has 112 valence electrons. The summed E-state index contributed by atoms with van der Waals surface area (Å²) in [6.07, 6.45) is 0.974. The van der Waals surface area contributed by atoms with Crippen molar-refractivity contribution in [2.24, 2.45) is 0 Å². The van der Waals surface area contributed by atoms with E-state index in [1.165, 1.54) is 17.3 Å². The number of pyridine rings is 1. The molecule has 1 spiro atoms. The Morgan fingerprint density at radius 2 is 2.05 bits per heavy atom. The van der Waals surface area contributed by atoms with Crippen LogP contribution in [0.15, 0.2) is 42.5 Å². The van der Waals surface area contributed by atoms with Gasteiger partial charge in [0, 0.05) is 12.1 Å². The molecule has 3 heterocycles. The van der Waals surface area contributed by atoms with Gasteiger partial charge >= 0.3 is 5.97 Å². The van der Waals surface area contributed by atoms with Crippen LogP contribution in [-0.4, -0.2) is 34.8 Å². The molecule has 1 aromatic carbocycles. The average molecular weight is 296 g/mol. The fourth-order valence-electron chi connectivity index (χ4n) is 3.33. The minimum atomic E-state index is -0.995. The lowest BCUT2D eigenvalue weighted by Crippen LogP contribution is -2.61. The van der Waals surface area contributed by atoms with Crippen molar-refractivity contribution >= 4 is 11.7 Å². The highest BCUT2D eigenvalue weighted by atomic mass is 16.5. The quantitative estimate of drug-likeness (QED) is 0.940. The number of carbonyl (C=O) groups is 1. The van der Waals surface area contributed by atoms with E-state index in [9.17, 15) is 4.79 Å². The van der Waals surface area contributed by atoms with Gasteiger partial charge in [0.1, 0.15) is 5.69 Å². The fourth-order valence-corrected chi connectivity index (χ4v) is 3.33. The lowest BCUT2D eigenvalue weighted by Gasteiger charge is -2.46. The topological polar surface area (TPSA) is 62.7 Å². The van der Waals surface area contributed by atoms with Crippen LogP contribution >= 0.6 is 0 Å². The molecule has 0 saturated carbocycles. The first-order valence-corrected chi connectivity index (χ1v) is 7.30. The first-order chi connectivity index (χ1) is 10.7. The molecule has 1 saturated heterocycles. The zero-order valence-electron chi connectivity index (χ0n) is 12.0. The Hall–Kier alpha value is -2.40. The summed E-state index contributed by atoms with van der Waals surface area (Å²) in [4.78, 5) is 17.7. The molecule has 0 atom stereocenters. The number of fused-ring (bicyclic) bond motifs is 1. The molecule has 5 heteroatoms. The predicted molar refractivity (Wildman–Crippen MR) is 81.1 cm³/mol. The van der Waals surface area contributed by atoms with E-state index in [4.69, 9.17) is 9.84 Å². The third kappa shape index (κ3) is 1.97. The van der Waals surface area contributed by atoms with Gasteiger partial charge in [0.15, 0.2) is 0 Å². The number of benzene rings is 1. The normalized spacial score (nSPS) is 18.1. The van der Waals surface area contributed by atoms with Gasteiger partial charge in [-0.2, -0.15) is 0 Å². The molecule has 0 amide bonds. The van der Waals surface area contributed by atoms with E-state index in [2.05, 4.69) is 28.1 Å². The minimum absolute atomic E-state index is 0.00456. The van der Waals surface area contributed by atoms with Crippen molar-refractivity contribution in [3.63, 3.8) is 0 Å². The third-order valence-electron chi connectivity index (χ3n) is 4.46. The molecule has 0 radical (unpaired) electrons. The smallest absolute Gasteiger partial charge is 0.354 e. The summed E-state index contributed by atoms with van der Waals surface area (Å²) in [6, 6.07) is 13.5. The molecule has 4 rings (SSSR count). The summed E-state index contributed by atoms with van der Waals surface area (Å²) in [6.45, 7) is 2.02. The van der Waals surface area contributed by atoms with Gasteiger partial charge < -0.3 is 14.7 Å². The zero-order chi connectivity index (χ0) is 15.2. The monoisotopic (exact) mass is 296 g/mol. The van der Waals surface area contributed by atoms with Crippen LogP contribution in [-0.2, 0) is 17.7 Å². The number of hydrogen-bond donors (Lipinski definition) is 1. The van der Waals surface area contributed by atoms with Gasteiger partial charge in [-0.05, 0) is 23.8 Å². The Kier molecular flexibility index (Phi) is 2.90. The number of ether oxygens (including phenoxy) is 1. The predicted octanol–water partition coefficient (Wildman–Crippen LogP) is 2.11. The van der Waals surface area contributed by atoms with Crippen LogP contribution in [0, 0.1) is 0 Å². The molecule has 2 aliphatic heterocycles. The first-order valence-electron chi connectivity index (χ1n) is 7.30. The average Bonchev–Trinajstić information content (AvgIpc) is 2.83. The number of carboxylic acid groups (broad SMARTS) is 1. The maximum atomic E-state index is 11.1. The van der Waals surface area contributed by atoms with E-state index >= 15 is 0 Å². The van der Waals surface area contributed by atoms with E-state index < -0.39 is 5.97 Å². The molecule has 0 aliphatic carbocycles. The summed E-state index contributed by atoms with van der Waals surface area (Å²) < 4.78 is 5.46. The lowest BCUT2D eigenvalue weighted by atomic mass is 9.92. The van der Waals surface area contributed by atoms with Gasteiger partial charge in [-0.15, -0.1) is 0 Å². The second-order valence-corrected chi connectivity index (χ2v) is 5.93. The van der Waals surface area contributed by atoms with Crippen LogP contribution in [0.25, 0.3) is 0 Å². The summed E-state index contributed by atoms with van der Waals surface area (Å²) in [5.41, 5.74) is 3.38. The molecule has 22 heavy (non-hydrogen) atoms. The Morgan fingerprint density at radius 3 is 2.77 bits per heavy atom. The van der Waals surface area contributed by atoms with Crippen LogP contribution in [0.5, 0.6) is 0 Å². The van der Waals surface area contributed by atoms with Gasteiger partial charge in [-0.3, -0.25) is 0 Å². The number of aromatic carboxylic acids is 1. The number of aromatic nitrogens is 1. The number of nitrogens with zero attached hydrogens (tertiary/aromatic N) is 2. The van der Waals surface area contributed by atoms with Gasteiger partial charge in [0.05, 0.1) is 31.0 Å². The highest BCUT2D eigenvalue weighted by molar-refractivity contribution is 5.85. The van der Waals surface area contributed by atoms with Crippen molar-refractivity contribution in [2.45, 2.75) is 18.5 Å². The Balaban J connectivity index is 1.69. The summed E-state index contributed by atoms with van der Waals surface area (Å²) >= 11 is 0. The van der Waals surface area contributed by atoms with Crippen molar-refractivity contribution in [2.75, 3.05) is 18.1 Å². The molecule has 5 nitrogen and oxygen atoms in total. The molecule has 0 unspecified atom stereocenters. The molecule has 1 aromatic heterocycles. The number of carboxylic acids is 1. The Bertz CT molecular complexity index is 740. The molecular formula is C17H16N2O3. The van der Waals surface area contributed by atoms with E-state index in [1.807, 2.05) is 12.1 Å². The Morgan fingerprint density at radius 1 is 1.23 bits per heavy atom. The number of para-hydroxylation sites is 1. The fraction of sp³-hybridized carbons (Fsp3) is 0.294. The molecule has 2 aliphatic rings. The first kappa shape index (κ1) is 13.3. The molecular weight excluding hydrogens is 280 g/mol. The molecule has 2 aromatic rings. The lowest BCUT2D eigenvalue weighted by molar-refractivity contribution is -0.0538. The van der Waals surface area contributed by atoms with Crippen molar-refractivity contribution in [1.29, 1.82) is 0 Å². The molecule has 1 N–H and O–H groups in total. The largest absolute Gasteiger partial charge is 0.477 e. The molecule has 1 fully saturated rings. The SMILES string of the molecule is O=C(O)c1cccc(CN2c3ccccc3CC23COC3)n1. The van der Waals surface area contributed by atoms with Crippen LogP contribution in [0.3, 0.4) is 0 Å². The minimum Gasteiger partial charge on any atom is -0.477 e. The maximum Gasteiger partial charge on any atom is 0.354 e. The van der Waals surface area contributed by atoms with Crippen molar-refractivity contribution < 1.29 is 14.6 Å². The maximum absolute atomic E-state index is 11.1. The van der Waals surface area contributed by atoms with Crippen molar-refractivity contribution in [3.8, 4) is 0 Å². The highest BCUT2D eigenvalue weighted by Gasteiger charge is 2.49. The third-order valence-corrected chi connectivity index (χ3v) is 4.46. The van der Waals surface area contributed by atoms with Crippen LogP contribution in [0.1, 0.15) is 21.7 Å². The van der Waals surface area contributed by atoms with Gasteiger partial charge in [0.25, 0.3) is 0 Å². The van der Waals surface area contributed by atoms with E-state index in [1.54, 1.807) is 6.07 Å². The number of rotatable bonds is 3. The van der Waals surface area contributed by atoms with Crippen LogP contribution < -0.4 is 4.90 Å². The van der Waals surface area contributed by atoms with E-state index in [0.717, 1.165) is 12.1 Å². The highest BCUT2D eigenvalue weighted by Crippen LogP contribution is 2.43. The van der Waals surface area contributed by atoms with Gasteiger partial charge in [0.2, 0.25) is 0 Å². The Labute approximate surface area is 128 Å². The summed E-state index contributed by atoms with van der Waals surface area (Å²) in [7, 11) is 0. The van der Waals surface area contributed by atoms with Crippen LogP contribution in [0.2, 0.25) is 0 Å². The van der Waals surface area contributed by atoms with Gasteiger partial charge in [-0.25, -0.2) is 9.78 Å². The van der Waals surface area contributed by atoms with E-state index in [0.29, 0.717) is 19.8 Å². The van der Waals surface area contributed by atoms with Gasteiger partial charge in [-0.1, -0.05) is 24.3 Å². The second-order valence-electron chi connectivity index (χ2n) is 5.93.